The third kappa shape index (κ3) is 5.70. The van der Waals surface area contributed by atoms with Gasteiger partial charge in [0.15, 0.2) is 0 Å². The van der Waals surface area contributed by atoms with E-state index in [1.54, 1.807) is 12.1 Å². The van der Waals surface area contributed by atoms with Crippen LogP contribution in [0.5, 0.6) is 0 Å². The number of hydrogen-bond acceptors (Lipinski definition) is 2. The minimum Gasteiger partial charge on any atom is -0.387 e. The molecule has 1 aromatic rings. The maximum absolute atomic E-state index is 13.1. The van der Waals surface area contributed by atoms with Crippen LogP contribution in [0.1, 0.15) is 38.7 Å². The van der Waals surface area contributed by atoms with Crippen LogP contribution in [0.15, 0.2) is 24.3 Å². The van der Waals surface area contributed by atoms with Crippen molar-refractivity contribution in [3.05, 3.63) is 35.6 Å². The van der Waals surface area contributed by atoms with Crippen molar-refractivity contribution < 1.29 is 4.39 Å². The average molecular weight is 279 g/mol. The van der Waals surface area contributed by atoms with Gasteiger partial charge in [0.1, 0.15) is 5.82 Å². The summed E-state index contributed by atoms with van der Waals surface area (Å²) in [5, 5.41) is 7.52. The number of benzene rings is 1. The maximum Gasteiger partial charge on any atom is 0.123 e. The highest BCUT2D eigenvalue weighted by Gasteiger charge is 2.20. The summed E-state index contributed by atoms with van der Waals surface area (Å²) in [6.07, 6.45) is 3.03. The Morgan fingerprint density at radius 3 is 2.65 bits per heavy atom. The zero-order valence-corrected chi connectivity index (χ0v) is 12.7. The molecule has 0 bridgehead atoms. The molecule has 3 N–H and O–H groups in total. The molecule has 0 saturated carbocycles. The first-order chi connectivity index (χ1) is 9.31. The molecule has 0 heterocycles. The van der Waals surface area contributed by atoms with E-state index in [9.17, 15) is 4.39 Å². The number of nitrogens with two attached hydrogens (primary N) is 1. The van der Waals surface area contributed by atoms with Crippen molar-refractivity contribution in [1.29, 1.82) is 5.41 Å². The van der Waals surface area contributed by atoms with Gasteiger partial charge in [0, 0.05) is 12.0 Å². The third-order valence-corrected chi connectivity index (χ3v) is 3.66. The fourth-order valence-corrected chi connectivity index (χ4v) is 2.11. The van der Waals surface area contributed by atoms with Crippen LogP contribution >= 0.6 is 0 Å². The normalized spacial score (nSPS) is 11.8. The van der Waals surface area contributed by atoms with Crippen LogP contribution in [0.25, 0.3) is 0 Å². The van der Waals surface area contributed by atoms with E-state index in [1.165, 1.54) is 6.07 Å². The van der Waals surface area contributed by atoms with E-state index in [-0.39, 0.29) is 17.1 Å². The van der Waals surface area contributed by atoms with Crippen LogP contribution in [0.2, 0.25) is 0 Å². The Morgan fingerprint density at radius 2 is 2.05 bits per heavy atom. The van der Waals surface area contributed by atoms with Crippen LogP contribution in [-0.2, 0) is 6.54 Å². The lowest BCUT2D eigenvalue weighted by Crippen LogP contribution is -2.31. The molecule has 1 rings (SSSR count). The molecule has 0 aliphatic rings. The van der Waals surface area contributed by atoms with E-state index >= 15 is 0 Å². The molecule has 0 amide bonds. The monoisotopic (exact) mass is 279 g/mol. The molecule has 112 valence electrons. The lowest BCUT2D eigenvalue weighted by Gasteiger charge is -2.23. The molecule has 0 saturated heterocycles. The molecule has 0 atom stereocenters. The summed E-state index contributed by atoms with van der Waals surface area (Å²) in [6.45, 7) is 5.73. The van der Waals surface area contributed by atoms with Gasteiger partial charge < -0.3 is 10.6 Å². The Morgan fingerprint density at radius 1 is 1.35 bits per heavy atom. The highest BCUT2D eigenvalue weighted by atomic mass is 19.1. The fourth-order valence-electron chi connectivity index (χ4n) is 2.11. The maximum atomic E-state index is 13.1. The van der Waals surface area contributed by atoms with Gasteiger partial charge in [-0.15, -0.1) is 0 Å². The SMILES string of the molecule is CN(CCCCC(C)(C)C(=N)N)Cc1cccc(F)c1. The Hall–Kier alpha value is -1.42. The first kappa shape index (κ1) is 16.6. The lowest BCUT2D eigenvalue weighted by molar-refractivity contribution is 0.308. The second-order valence-electron chi connectivity index (χ2n) is 6.12. The zero-order chi connectivity index (χ0) is 15.2. The number of nitrogens with zero attached hydrogens (tertiary/aromatic N) is 1. The molecule has 0 unspecified atom stereocenters. The van der Waals surface area contributed by atoms with Gasteiger partial charge in [-0.25, -0.2) is 4.39 Å². The highest BCUT2D eigenvalue weighted by Crippen LogP contribution is 2.22. The van der Waals surface area contributed by atoms with Crippen LogP contribution in [-0.4, -0.2) is 24.3 Å². The number of amidine groups is 1. The molecule has 1 aromatic carbocycles. The fraction of sp³-hybridized carbons (Fsp3) is 0.562. The molecular formula is C16H26FN3. The first-order valence-electron chi connectivity index (χ1n) is 7.09. The van der Waals surface area contributed by atoms with Gasteiger partial charge >= 0.3 is 0 Å². The van der Waals surface area contributed by atoms with E-state index in [0.717, 1.165) is 37.9 Å². The first-order valence-corrected chi connectivity index (χ1v) is 7.09. The van der Waals surface area contributed by atoms with E-state index in [0.29, 0.717) is 0 Å². The van der Waals surface area contributed by atoms with Crippen molar-refractivity contribution in [3.63, 3.8) is 0 Å². The molecule has 0 fully saturated rings. The lowest BCUT2D eigenvalue weighted by atomic mass is 9.86. The largest absolute Gasteiger partial charge is 0.387 e. The van der Waals surface area contributed by atoms with Gasteiger partial charge in [0.2, 0.25) is 0 Å². The standard InChI is InChI=1S/C16H26FN3/c1-16(2,15(18)19)9-4-5-10-20(3)12-13-7-6-8-14(17)11-13/h6-8,11H,4-5,9-10,12H2,1-3H3,(H3,18,19). The number of rotatable bonds is 8. The number of hydrogen-bond donors (Lipinski definition) is 2. The van der Waals surface area contributed by atoms with Crippen LogP contribution < -0.4 is 5.73 Å². The van der Waals surface area contributed by atoms with Gasteiger partial charge in [0.05, 0.1) is 5.84 Å². The van der Waals surface area contributed by atoms with E-state index in [1.807, 2.05) is 27.0 Å². The molecule has 0 aliphatic heterocycles. The minimum atomic E-state index is -0.207. The van der Waals surface area contributed by atoms with Crippen molar-refractivity contribution in [1.82, 2.24) is 4.90 Å². The second-order valence-corrected chi connectivity index (χ2v) is 6.12. The van der Waals surface area contributed by atoms with Gasteiger partial charge in [-0.3, -0.25) is 5.41 Å². The van der Waals surface area contributed by atoms with E-state index < -0.39 is 0 Å². The van der Waals surface area contributed by atoms with Gasteiger partial charge in [-0.1, -0.05) is 32.4 Å². The van der Waals surface area contributed by atoms with Crippen LogP contribution in [0.4, 0.5) is 4.39 Å². The molecule has 3 nitrogen and oxygen atoms in total. The predicted molar refractivity (Wildman–Crippen MR) is 82.3 cm³/mol. The topological polar surface area (TPSA) is 53.1 Å². The Labute approximate surface area is 121 Å². The zero-order valence-electron chi connectivity index (χ0n) is 12.7. The van der Waals surface area contributed by atoms with E-state index in [2.05, 4.69) is 4.90 Å². The summed E-state index contributed by atoms with van der Waals surface area (Å²) in [4.78, 5) is 2.19. The summed E-state index contributed by atoms with van der Waals surface area (Å²) >= 11 is 0. The van der Waals surface area contributed by atoms with Gasteiger partial charge in [-0.05, 0) is 44.1 Å². The Bertz CT molecular complexity index is 443. The molecule has 0 spiro atoms. The minimum absolute atomic E-state index is 0.181. The van der Waals surface area contributed by atoms with E-state index in [4.69, 9.17) is 11.1 Å². The molecule has 0 aromatic heterocycles. The highest BCUT2D eigenvalue weighted by molar-refractivity contribution is 5.82. The number of halogens is 1. The quantitative estimate of drug-likeness (QED) is 0.435. The summed E-state index contributed by atoms with van der Waals surface area (Å²) in [7, 11) is 2.04. The van der Waals surface area contributed by atoms with Gasteiger partial charge in [0.25, 0.3) is 0 Å². The molecule has 20 heavy (non-hydrogen) atoms. The summed E-state index contributed by atoms with van der Waals surface area (Å²) in [5.41, 5.74) is 6.36. The summed E-state index contributed by atoms with van der Waals surface area (Å²) < 4.78 is 13.1. The van der Waals surface area contributed by atoms with Crippen molar-refractivity contribution in [3.8, 4) is 0 Å². The van der Waals surface area contributed by atoms with Crippen LogP contribution in [0.3, 0.4) is 0 Å². The van der Waals surface area contributed by atoms with Crippen molar-refractivity contribution in [2.24, 2.45) is 11.1 Å². The summed E-state index contributed by atoms with van der Waals surface area (Å²) in [5.74, 6) is 0.0738. The van der Waals surface area contributed by atoms with Crippen LogP contribution in [0, 0.1) is 16.6 Å². The van der Waals surface area contributed by atoms with Crippen molar-refractivity contribution in [2.45, 2.75) is 39.7 Å². The second kappa shape index (κ2) is 7.39. The summed E-state index contributed by atoms with van der Waals surface area (Å²) in [6, 6.07) is 6.73. The number of unbranched alkanes of at least 4 members (excludes halogenated alkanes) is 1. The average Bonchev–Trinajstić information content (AvgIpc) is 2.34. The predicted octanol–water partition coefficient (Wildman–Crippen LogP) is 3.39. The number of nitrogens with one attached hydrogen (secondary N) is 1. The molecule has 0 radical (unpaired) electrons. The molecule has 4 heteroatoms. The van der Waals surface area contributed by atoms with Gasteiger partial charge in [-0.2, -0.15) is 0 Å². The third-order valence-electron chi connectivity index (χ3n) is 3.66. The van der Waals surface area contributed by atoms with Crippen molar-refractivity contribution >= 4 is 5.84 Å². The Kier molecular flexibility index (Phi) is 6.14. The van der Waals surface area contributed by atoms with Crippen molar-refractivity contribution in [2.75, 3.05) is 13.6 Å². The molecular weight excluding hydrogens is 253 g/mol. The Balaban J connectivity index is 2.27. The smallest absolute Gasteiger partial charge is 0.123 e. The molecule has 0 aliphatic carbocycles.